The molecule has 1 rings (SSSR count). The van der Waals surface area contributed by atoms with Gasteiger partial charge in [-0.3, -0.25) is 4.98 Å². The van der Waals surface area contributed by atoms with Gasteiger partial charge in [0.15, 0.2) is 5.84 Å². The highest BCUT2D eigenvalue weighted by molar-refractivity contribution is 5.95. The number of ether oxygens (including phenoxy) is 1. The van der Waals surface area contributed by atoms with Crippen LogP contribution in [-0.2, 0) is 11.3 Å². The maximum Gasteiger partial charge on any atom is 0.188 e. The van der Waals surface area contributed by atoms with Crippen molar-refractivity contribution < 1.29 is 9.94 Å². The molecule has 0 spiro atoms. The van der Waals surface area contributed by atoms with Crippen LogP contribution < -0.4 is 5.73 Å². The van der Waals surface area contributed by atoms with Gasteiger partial charge in [-0.1, -0.05) is 19.0 Å². The molecule has 0 fully saturated rings. The van der Waals surface area contributed by atoms with Gasteiger partial charge in [0.25, 0.3) is 0 Å². The van der Waals surface area contributed by atoms with Crippen LogP contribution in [-0.4, -0.2) is 22.1 Å². The lowest BCUT2D eigenvalue weighted by atomic mass is 10.1. The minimum absolute atomic E-state index is 0.00348. The van der Waals surface area contributed by atoms with Crippen LogP contribution in [0, 0.1) is 5.92 Å². The molecule has 1 heterocycles. The van der Waals surface area contributed by atoms with Crippen molar-refractivity contribution in [1.82, 2.24) is 4.98 Å². The fraction of sp³-hybridized carbons (Fsp3) is 0.500. The second-order valence-electron chi connectivity index (χ2n) is 4.29. The minimum atomic E-state index is 0.00348. The van der Waals surface area contributed by atoms with Crippen LogP contribution in [0.15, 0.2) is 23.5 Å². The molecule has 1 atom stereocenters. The Labute approximate surface area is 101 Å². The van der Waals surface area contributed by atoms with E-state index in [1.807, 2.05) is 13.0 Å². The molecule has 0 aromatic carbocycles. The number of rotatable bonds is 5. The highest BCUT2D eigenvalue weighted by atomic mass is 16.5. The van der Waals surface area contributed by atoms with E-state index in [9.17, 15) is 0 Å². The third-order valence-corrected chi connectivity index (χ3v) is 2.65. The summed E-state index contributed by atoms with van der Waals surface area (Å²) in [5, 5.41) is 11.5. The number of nitrogens with two attached hydrogens (primary N) is 1. The third kappa shape index (κ3) is 4.03. The van der Waals surface area contributed by atoms with Crippen LogP contribution in [0.2, 0.25) is 0 Å². The van der Waals surface area contributed by atoms with E-state index in [4.69, 9.17) is 15.7 Å². The Hall–Kier alpha value is -1.62. The van der Waals surface area contributed by atoms with Crippen molar-refractivity contribution in [1.29, 1.82) is 0 Å². The number of oxime groups is 1. The molecular formula is C12H19N3O2. The maximum atomic E-state index is 8.56. The third-order valence-electron chi connectivity index (χ3n) is 2.65. The summed E-state index contributed by atoms with van der Waals surface area (Å²) in [5.41, 5.74) is 6.87. The SMILES string of the molecule is CC(C)C(C)OCc1ccnc(C(N)=NO)c1. The van der Waals surface area contributed by atoms with E-state index in [0.717, 1.165) is 5.56 Å². The van der Waals surface area contributed by atoms with Gasteiger partial charge in [0.1, 0.15) is 5.69 Å². The number of aromatic nitrogens is 1. The van der Waals surface area contributed by atoms with Gasteiger partial charge in [-0.25, -0.2) is 0 Å². The quantitative estimate of drug-likeness (QED) is 0.354. The van der Waals surface area contributed by atoms with E-state index >= 15 is 0 Å². The Morgan fingerprint density at radius 1 is 1.53 bits per heavy atom. The molecule has 94 valence electrons. The lowest BCUT2D eigenvalue weighted by Gasteiger charge is -2.16. The summed E-state index contributed by atoms with van der Waals surface area (Å²) in [5.74, 6) is 0.476. The summed E-state index contributed by atoms with van der Waals surface area (Å²) in [6, 6.07) is 3.60. The standard InChI is InChI=1S/C12H19N3O2/c1-8(2)9(3)17-7-10-4-5-14-11(6-10)12(13)15-16/h4-6,8-9,16H,7H2,1-3H3,(H2,13,15). The van der Waals surface area contributed by atoms with Crippen LogP contribution >= 0.6 is 0 Å². The zero-order chi connectivity index (χ0) is 12.8. The van der Waals surface area contributed by atoms with Crippen LogP contribution in [0.3, 0.4) is 0 Å². The highest BCUT2D eigenvalue weighted by Crippen LogP contribution is 2.10. The van der Waals surface area contributed by atoms with Crippen molar-refractivity contribution in [2.75, 3.05) is 0 Å². The van der Waals surface area contributed by atoms with Crippen LogP contribution in [0.4, 0.5) is 0 Å². The number of nitrogens with zero attached hydrogens (tertiary/aromatic N) is 2. The fourth-order valence-electron chi connectivity index (χ4n) is 1.18. The van der Waals surface area contributed by atoms with Crippen LogP contribution in [0.1, 0.15) is 32.0 Å². The molecule has 0 saturated carbocycles. The second kappa shape index (κ2) is 6.20. The Balaban J connectivity index is 2.66. The average molecular weight is 237 g/mol. The number of hydrogen-bond donors (Lipinski definition) is 2. The van der Waals surface area contributed by atoms with Crippen molar-refractivity contribution >= 4 is 5.84 Å². The first-order valence-corrected chi connectivity index (χ1v) is 5.59. The molecule has 1 unspecified atom stereocenters. The monoisotopic (exact) mass is 237 g/mol. The fourth-order valence-corrected chi connectivity index (χ4v) is 1.18. The molecule has 0 amide bonds. The minimum Gasteiger partial charge on any atom is -0.409 e. The van der Waals surface area contributed by atoms with Crippen LogP contribution in [0.5, 0.6) is 0 Å². The molecular weight excluding hydrogens is 218 g/mol. The topological polar surface area (TPSA) is 80.7 Å². The zero-order valence-corrected chi connectivity index (χ0v) is 10.4. The van der Waals surface area contributed by atoms with Gasteiger partial charge < -0.3 is 15.7 Å². The van der Waals surface area contributed by atoms with E-state index in [2.05, 4.69) is 24.0 Å². The second-order valence-corrected chi connectivity index (χ2v) is 4.29. The predicted octanol–water partition coefficient (Wildman–Crippen LogP) is 1.74. The first-order chi connectivity index (χ1) is 8.04. The van der Waals surface area contributed by atoms with Gasteiger partial charge in [0.05, 0.1) is 12.7 Å². The molecule has 5 nitrogen and oxygen atoms in total. The summed E-state index contributed by atoms with van der Waals surface area (Å²) in [7, 11) is 0. The summed E-state index contributed by atoms with van der Waals surface area (Å²) in [4.78, 5) is 4.00. The number of amidine groups is 1. The Kier molecular flexibility index (Phi) is 4.90. The number of hydrogen-bond acceptors (Lipinski definition) is 4. The molecule has 0 aliphatic carbocycles. The molecule has 0 aliphatic rings. The first kappa shape index (κ1) is 13.4. The molecule has 3 N–H and O–H groups in total. The summed E-state index contributed by atoms with van der Waals surface area (Å²) in [6.45, 7) is 6.75. The molecule has 5 heteroatoms. The van der Waals surface area contributed by atoms with Gasteiger partial charge in [0.2, 0.25) is 0 Å². The molecule has 0 radical (unpaired) electrons. The molecule has 0 saturated heterocycles. The van der Waals surface area contributed by atoms with Crippen molar-refractivity contribution in [3.8, 4) is 0 Å². The van der Waals surface area contributed by atoms with Crippen molar-refractivity contribution in [2.45, 2.75) is 33.5 Å². The summed E-state index contributed by atoms with van der Waals surface area (Å²) >= 11 is 0. The van der Waals surface area contributed by atoms with Gasteiger partial charge in [-0.05, 0) is 30.5 Å². The zero-order valence-electron chi connectivity index (χ0n) is 10.4. The molecule has 0 bridgehead atoms. The highest BCUT2D eigenvalue weighted by Gasteiger charge is 2.08. The lowest BCUT2D eigenvalue weighted by molar-refractivity contribution is 0.0235. The van der Waals surface area contributed by atoms with Gasteiger partial charge in [-0.2, -0.15) is 0 Å². The molecule has 17 heavy (non-hydrogen) atoms. The molecule has 0 aliphatic heterocycles. The van der Waals surface area contributed by atoms with E-state index in [1.54, 1.807) is 12.3 Å². The smallest absolute Gasteiger partial charge is 0.188 e. The largest absolute Gasteiger partial charge is 0.409 e. The molecule has 1 aromatic rings. The average Bonchev–Trinajstić information content (AvgIpc) is 2.35. The van der Waals surface area contributed by atoms with Crippen molar-refractivity contribution in [3.63, 3.8) is 0 Å². The van der Waals surface area contributed by atoms with Gasteiger partial charge in [-0.15, -0.1) is 0 Å². The summed E-state index contributed by atoms with van der Waals surface area (Å²) < 4.78 is 5.69. The van der Waals surface area contributed by atoms with Crippen molar-refractivity contribution in [2.24, 2.45) is 16.8 Å². The first-order valence-electron chi connectivity index (χ1n) is 5.59. The molecule has 1 aromatic heterocycles. The van der Waals surface area contributed by atoms with E-state index < -0.39 is 0 Å². The lowest BCUT2D eigenvalue weighted by Crippen LogP contribution is -2.17. The predicted molar refractivity (Wildman–Crippen MR) is 65.8 cm³/mol. The van der Waals surface area contributed by atoms with E-state index in [0.29, 0.717) is 18.2 Å². The Bertz CT molecular complexity index is 391. The van der Waals surface area contributed by atoms with E-state index in [-0.39, 0.29) is 11.9 Å². The Morgan fingerprint density at radius 2 is 2.24 bits per heavy atom. The maximum absolute atomic E-state index is 8.56. The normalized spacial score (nSPS) is 14.0. The van der Waals surface area contributed by atoms with Gasteiger partial charge in [0, 0.05) is 6.20 Å². The van der Waals surface area contributed by atoms with Gasteiger partial charge >= 0.3 is 0 Å². The summed E-state index contributed by atoms with van der Waals surface area (Å²) in [6.07, 6.45) is 1.81. The van der Waals surface area contributed by atoms with Crippen LogP contribution in [0.25, 0.3) is 0 Å². The van der Waals surface area contributed by atoms with Crippen molar-refractivity contribution in [3.05, 3.63) is 29.6 Å². The number of pyridine rings is 1. The Morgan fingerprint density at radius 3 is 2.82 bits per heavy atom. The van der Waals surface area contributed by atoms with E-state index in [1.165, 1.54) is 0 Å².